The van der Waals surface area contributed by atoms with Crippen molar-refractivity contribution in [3.63, 3.8) is 0 Å². The molecule has 0 aliphatic carbocycles. The molecule has 2 N–H and O–H groups in total. The van der Waals surface area contributed by atoms with E-state index in [2.05, 4.69) is 20.5 Å². The fourth-order valence-electron chi connectivity index (χ4n) is 7.67. The van der Waals surface area contributed by atoms with Crippen LogP contribution in [0.25, 0.3) is 10.9 Å². The lowest BCUT2D eigenvalue weighted by Crippen LogP contribution is -2.52. The number of benzene rings is 2. The molecule has 5 heterocycles. The Morgan fingerprint density at radius 1 is 0.846 bits per heavy atom. The molecule has 0 saturated carbocycles. The minimum atomic E-state index is -0.652. The van der Waals surface area contributed by atoms with Crippen molar-refractivity contribution in [1.82, 2.24) is 24.8 Å². The van der Waals surface area contributed by atoms with Gasteiger partial charge in [0.1, 0.15) is 30.0 Å². The molecule has 3 aliphatic heterocycles. The maximum Gasteiger partial charge on any atom is 0.293 e. The number of nitrogens with zero attached hydrogens (tertiary/aromatic N) is 5. The molecule has 2 saturated heterocycles. The van der Waals surface area contributed by atoms with Gasteiger partial charge in [-0.05, 0) is 74.2 Å². The summed E-state index contributed by atoms with van der Waals surface area (Å²) in [4.78, 5) is 73.5. The second-order valence-corrected chi connectivity index (χ2v) is 16.1. The fraction of sp³-hybridized carbons (Fsp3) is 0.489. The summed E-state index contributed by atoms with van der Waals surface area (Å²) in [5.74, 6) is 0.558. The van der Waals surface area contributed by atoms with Crippen molar-refractivity contribution in [2.75, 3.05) is 96.0 Å². The van der Waals surface area contributed by atoms with Gasteiger partial charge in [0.15, 0.2) is 17.4 Å². The average molecular weight is 920 g/mol. The molecule has 2 aromatic heterocycles. The molecule has 0 radical (unpaired) electrons. The SMILES string of the molecule is CC(=O)COc1cc2cc(Nc3nc(N4CCC(OCCOCCOCCOCCOCCOc5ccc6c(c5)CN(C5CCC(=O)NC5=O)C6=O)CC4)ncc3Cl)ccc2n(C)c1=O. The number of rotatable bonds is 24. The van der Waals surface area contributed by atoms with E-state index < -0.39 is 11.9 Å². The molecule has 65 heavy (non-hydrogen) atoms. The van der Waals surface area contributed by atoms with Crippen LogP contribution < -0.4 is 30.6 Å². The number of anilines is 3. The Labute approximate surface area is 380 Å². The van der Waals surface area contributed by atoms with Gasteiger partial charge in [-0.15, -0.1) is 0 Å². The van der Waals surface area contributed by atoms with Crippen LogP contribution in [0.5, 0.6) is 11.5 Å². The number of imide groups is 1. The van der Waals surface area contributed by atoms with Gasteiger partial charge in [0, 0.05) is 49.7 Å². The zero-order chi connectivity index (χ0) is 45.7. The van der Waals surface area contributed by atoms with Crippen molar-refractivity contribution >= 4 is 63.5 Å². The van der Waals surface area contributed by atoms with Crippen LogP contribution in [-0.2, 0) is 51.7 Å². The summed E-state index contributed by atoms with van der Waals surface area (Å²) in [6.45, 7) is 7.15. The first-order valence-corrected chi connectivity index (χ1v) is 22.1. The lowest BCUT2D eigenvalue weighted by atomic mass is 10.0. The van der Waals surface area contributed by atoms with Crippen LogP contribution in [0, 0.1) is 0 Å². The maximum absolute atomic E-state index is 12.9. The summed E-state index contributed by atoms with van der Waals surface area (Å²) in [7, 11) is 1.65. The smallest absolute Gasteiger partial charge is 0.293 e. The van der Waals surface area contributed by atoms with Crippen molar-refractivity contribution in [3.8, 4) is 11.5 Å². The lowest BCUT2D eigenvalue weighted by Gasteiger charge is -2.32. The molecule has 3 aliphatic rings. The molecular weight excluding hydrogens is 866 g/mol. The van der Waals surface area contributed by atoms with Gasteiger partial charge >= 0.3 is 0 Å². The molecule has 1 unspecified atom stereocenters. The van der Waals surface area contributed by atoms with E-state index in [1.807, 2.05) is 18.2 Å². The van der Waals surface area contributed by atoms with Crippen LogP contribution in [0.3, 0.4) is 0 Å². The van der Waals surface area contributed by atoms with E-state index in [4.69, 9.17) is 49.7 Å². The molecule has 0 spiro atoms. The second kappa shape index (κ2) is 23.0. The molecule has 2 fully saturated rings. The highest BCUT2D eigenvalue weighted by Crippen LogP contribution is 2.31. The molecule has 0 bridgehead atoms. The van der Waals surface area contributed by atoms with Gasteiger partial charge in [-0.1, -0.05) is 11.6 Å². The number of aryl methyl sites for hydroxylation is 1. The van der Waals surface area contributed by atoms with E-state index in [9.17, 15) is 24.0 Å². The molecule has 20 heteroatoms. The third-order valence-electron chi connectivity index (χ3n) is 11.0. The fourth-order valence-corrected chi connectivity index (χ4v) is 7.80. The molecule has 348 valence electrons. The summed E-state index contributed by atoms with van der Waals surface area (Å²) in [5, 5.41) is 6.68. The molecule has 1 atom stereocenters. The number of ether oxygens (including phenoxy) is 7. The molecule has 7 rings (SSSR count). The van der Waals surface area contributed by atoms with Gasteiger partial charge in [-0.3, -0.25) is 29.3 Å². The number of aromatic nitrogens is 3. The highest BCUT2D eigenvalue weighted by Gasteiger charge is 2.39. The van der Waals surface area contributed by atoms with E-state index in [1.165, 1.54) is 16.4 Å². The number of carbonyl (C=O) groups excluding carboxylic acids is 4. The number of nitrogens with one attached hydrogen (secondary N) is 2. The Morgan fingerprint density at radius 2 is 1.54 bits per heavy atom. The summed E-state index contributed by atoms with van der Waals surface area (Å²) in [6, 6.07) is 11.7. The van der Waals surface area contributed by atoms with Crippen LogP contribution in [0.2, 0.25) is 5.02 Å². The first-order valence-electron chi connectivity index (χ1n) is 21.7. The second-order valence-electron chi connectivity index (χ2n) is 15.7. The number of hydrogen-bond donors (Lipinski definition) is 2. The third-order valence-corrected chi connectivity index (χ3v) is 11.3. The topological polar surface area (TPSA) is 211 Å². The number of amides is 3. The van der Waals surface area contributed by atoms with Gasteiger partial charge in [0.05, 0.1) is 77.3 Å². The van der Waals surface area contributed by atoms with Crippen molar-refractivity contribution in [1.29, 1.82) is 0 Å². The minimum absolute atomic E-state index is 0.0975. The zero-order valence-electron chi connectivity index (χ0n) is 36.5. The Kier molecular flexibility index (Phi) is 16.7. The number of ketones is 1. The summed E-state index contributed by atoms with van der Waals surface area (Å²) < 4.78 is 41.3. The van der Waals surface area contributed by atoms with Crippen molar-refractivity contribution in [3.05, 3.63) is 75.2 Å². The van der Waals surface area contributed by atoms with Crippen LogP contribution in [0.1, 0.15) is 48.5 Å². The Morgan fingerprint density at radius 3 is 2.23 bits per heavy atom. The standard InChI is InChI=1S/C45H54ClN7O12/c1-29(54)28-65-39-25-30-23-32(3-6-37(30)51(2)44(39)58)48-41-36(46)26-47-45(50-41)52-11-9-33(10-12-52)63-21-19-61-17-15-59-13-14-60-16-18-62-20-22-64-34-4-5-35-31(24-34)27-53(43(35)57)38-7-8-40(55)49-42(38)56/h3-6,23-26,33,38H,7-22,27-28H2,1-2H3,(H,47,48,50)(H,49,55,56). The number of pyridine rings is 1. The molecule has 4 aromatic rings. The molecule has 19 nitrogen and oxygen atoms in total. The summed E-state index contributed by atoms with van der Waals surface area (Å²) in [5.41, 5.74) is 2.40. The zero-order valence-corrected chi connectivity index (χ0v) is 37.3. The minimum Gasteiger partial charge on any atom is -0.491 e. The van der Waals surface area contributed by atoms with E-state index in [-0.39, 0.29) is 48.0 Å². The first-order chi connectivity index (χ1) is 31.5. The predicted octanol–water partition coefficient (Wildman–Crippen LogP) is 3.59. The summed E-state index contributed by atoms with van der Waals surface area (Å²) >= 11 is 6.50. The normalized spacial score (nSPS) is 16.5. The number of carbonyl (C=O) groups is 4. The van der Waals surface area contributed by atoms with Crippen LogP contribution >= 0.6 is 11.6 Å². The van der Waals surface area contributed by atoms with E-state index >= 15 is 0 Å². The van der Waals surface area contributed by atoms with Crippen molar-refractivity contribution in [2.24, 2.45) is 7.05 Å². The highest BCUT2D eigenvalue weighted by molar-refractivity contribution is 6.33. The molecule has 2 aromatic carbocycles. The van der Waals surface area contributed by atoms with Gasteiger partial charge in [0.2, 0.25) is 17.8 Å². The molecular formula is C45H54ClN7O12. The lowest BCUT2D eigenvalue weighted by molar-refractivity contribution is -0.137. The Bertz CT molecular complexity index is 2390. The third kappa shape index (κ3) is 12.8. The van der Waals surface area contributed by atoms with E-state index in [0.29, 0.717) is 131 Å². The van der Waals surface area contributed by atoms with Crippen LogP contribution in [-0.4, -0.2) is 141 Å². The number of piperidine rings is 2. The van der Waals surface area contributed by atoms with Gasteiger partial charge in [-0.2, -0.15) is 4.98 Å². The number of Topliss-reactive ketones (excluding diaryl/α,β-unsaturated/α-hetero) is 1. The number of fused-ring (bicyclic) bond motifs is 2. The largest absolute Gasteiger partial charge is 0.491 e. The predicted molar refractivity (Wildman–Crippen MR) is 238 cm³/mol. The van der Waals surface area contributed by atoms with E-state index in [0.717, 1.165) is 23.8 Å². The monoisotopic (exact) mass is 919 g/mol. The maximum atomic E-state index is 12.9. The summed E-state index contributed by atoms with van der Waals surface area (Å²) in [6.07, 6.45) is 3.82. The van der Waals surface area contributed by atoms with Crippen LogP contribution in [0.15, 0.2) is 53.5 Å². The average Bonchev–Trinajstić information content (AvgIpc) is 3.62. The van der Waals surface area contributed by atoms with Crippen molar-refractivity contribution in [2.45, 2.75) is 51.3 Å². The molecule has 3 amide bonds. The number of hydrogen-bond acceptors (Lipinski definition) is 16. The van der Waals surface area contributed by atoms with Crippen molar-refractivity contribution < 1.29 is 52.3 Å². The quantitative estimate of drug-likeness (QED) is 0.0760. The Hall–Kier alpha value is -5.70. The first kappa shape index (κ1) is 47.3. The van der Waals surface area contributed by atoms with Crippen LogP contribution in [0.4, 0.5) is 17.5 Å². The van der Waals surface area contributed by atoms with Gasteiger partial charge in [0.25, 0.3) is 11.5 Å². The van der Waals surface area contributed by atoms with Gasteiger partial charge < -0.3 is 52.8 Å². The Balaban J connectivity index is 0.692. The van der Waals surface area contributed by atoms with Gasteiger partial charge in [-0.25, -0.2) is 4.98 Å². The van der Waals surface area contributed by atoms with E-state index in [1.54, 1.807) is 37.5 Å². The highest BCUT2D eigenvalue weighted by atomic mass is 35.5. The number of halogens is 1.